The van der Waals surface area contributed by atoms with E-state index in [2.05, 4.69) is 50.8 Å². The number of piperidine rings is 1. The molecule has 1 unspecified atom stereocenters. The average molecular weight is 260 g/mol. The maximum Gasteiger partial charge on any atom is 0.0396 e. The second-order valence-corrected chi connectivity index (χ2v) is 6.75. The molecule has 2 heteroatoms. The highest BCUT2D eigenvalue weighted by molar-refractivity contribution is 5.54. The third-order valence-corrected chi connectivity index (χ3v) is 4.78. The molecular weight excluding hydrogens is 232 g/mol. The molecule has 2 nitrogen and oxygen atoms in total. The Morgan fingerprint density at radius 1 is 1.32 bits per heavy atom. The van der Waals surface area contributed by atoms with Crippen LogP contribution in [0.3, 0.4) is 0 Å². The van der Waals surface area contributed by atoms with E-state index in [1.54, 1.807) is 0 Å². The van der Waals surface area contributed by atoms with Crippen molar-refractivity contribution >= 4 is 5.69 Å². The molecule has 1 saturated heterocycles. The summed E-state index contributed by atoms with van der Waals surface area (Å²) in [5.74, 6) is 0.701. The molecule has 1 fully saturated rings. The van der Waals surface area contributed by atoms with Crippen LogP contribution in [0.4, 0.5) is 5.69 Å². The van der Waals surface area contributed by atoms with Crippen LogP contribution in [0.25, 0.3) is 0 Å². The van der Waals surface area contributed by atoms with Gasteiger partial charge >= 0.3 is 0 Å². The highest BCUT2D eigenvalue weighted by Gasteiger charge is 2.35. The van der Waals surface area contributed by atoms with Gasteiger partial charge in [-0.15, -0.1) is 0 Å². The second kappa shape index (κ2) is 5.54. The van der Waals surface area contributed by atoms with E-state index in [9.17, 15) is 0 Å². The second-order valence-electron chi connectivity index (χ2n) is 6.75. The van der Waals surface area contributed by atoms with E-state index < -0.39 is 0 Å². The molecule has 1 atom stereocenters. The number of aryl methyl sites for hydroxylation is 2. The average Bonchev–Trinajstić information content (AvgIpc) is 2.33. The standard InChI is InChI=1S/C17H28N2/c1-13-5-6-16(14(2)11-13)19-10-8-17(3,4)15(12-19)7-9-18/h5-6,11,15H,7-10,12,18H2,1-4H3. The summed E-state index contributed by atoms with van der Waals surface area (Å²) in [7, 11) is 0. The quantitative estimate of drug-likeness (QED) is 0.901. The highest BCUT2D eigenvalue weighted by Crippen LogP contribution is 2.39. The van der Waals surface area contributed by atoms with Gasteiger partial charge in [-0.2, -0.15) is 0 Å². The lowest BCUT2D eigenvalue weighted by molar-refractivity contribution is 0.163. The lowest BCUT2D eigenvalue weighted by Gasteiger charge is -2.45. The van der Waals surface area contributed by atoms with Crippen molar-refractivity contribution in [3.8, 4) is 0 Å². The third-order valence-electron chi connectivity index (χ3n) is 4.78. The molecule has 1 aromatic rings. The van der Waals surface area contributed by atoms with Crippen molar-refractivity contribution in [3.63, 3.8) is 0 Å². The van der Waals surface area contributed by atoms with Gasteiger partial charge < -0.3 is 10.6 Å². The van der Waals surface area contributed by atoms with E-state index in [0.717, 1.165) is 26.1 Å². The Bertz CT molecular complexity index is 437. The Balaban J connectivity index is 2.18. The number of rotatable bonds is 3. The van der Waals surface area contributed by atoms with Gasteiger partial charge in [-0.1, -0.05) is 31.5 Å². The minimum absolute atomic E-state index is 0.425. The normalized spacial score (nSPS) is 22.6. The van der Waals surface area contributed by atoms with Gasteiger partial charge in [-0.05, 0) is 56.2 Å². The zero-order valence-electron chi connectivity index (χ0n) is 12.9. The van der Waals surface area contributed by atoms with Gasteiger partial charge in [0.25, 0.3) is 0 Å². The number of anilines is 1. The maximum absolute atomic E-state index is 5.80. The molecule has 19 heavy (non-hydrogen) atoms. The minimum atomic E-state index is 0.425. The molecule has 2 N–H and O–H groups in total. The van der Waals surface area contributed by atoms with Gasteiger partial charge in [-0.25, -0.2) is 0 Å². The van der Waals surface area contributed by atoms with Gasteiger partial charge in [0.2, 0.25) is 0 Å². The molecule has 106 valence electrons. The fourth-order valence-corrected chi connectivity index (χ4v) is 3.29. The summed E-state index contributed by atoms with van der Waals surface area (Å²) < 4.78 is 0. The first-order valence-electron chi connectivity index (χ1n) is 7.46. The molecule has 1 aliphatic rings. The molecule has 2 rings (SSSR count). The van der Waals surface area contributed by atoms with Crippen molar-refractivity contribution in [2.24, 2.45) is 17.1 Å². The summed E-state index contributed by atoms with van der Waals surface area (Å²) in [6, 6.07) is 6.79. The van der Waals surface area contributed by atoms with E-state index in [1.807, 2.05) is 0 Å². The molecule has 0 saturated carbocycles. The van der Waals surface area contributed by atoms with Crippen LogP contribution in [-0.2, 0) is 0 Å². The lowest BCUT2D eigenvalue weighted by Crippen LogP contribution is -2.45. The van der Waals surface area contributed by atoms with E-state index in [1.165, 1.54) is 23.2 Å². The molecule has 0 bridgehead atoms. The van der Waals surface area contributed by atoms with Crippen molar-refractivity contribution < 1.29 is 0 Å². The largest absolute Gasteiger partial charge is 0.371 e. The van der Waals surface area contributed by atoms with Crippen LogP contribution < -0.4 is 10.6 Å². The van der Waals surface area contributed by atoms with Crippen molar-refractivity contribution in [1.82, 2.24) is 0 Å². The van der Waals surface area contributed by atoms with Crippen molar-refractivity contribution in [2.75, 3.05) is 24.5 Å². The smallest absolute Gasteiger partial charge is 0.0396 e. The molecule has 1 aromatic carbocycles. The Morgan fingerprint density at radius 3 is 2.68 bits per heavy atom. The van der Waals surface area contributed by atoms with E-state index in [4.69, 9.17) is 5.73 Å². The highest BCUT2D eigenvalue weighted by atomic mass is 15.1. The Hall–Kier alpha value is -1.02. The zero-order chi connectivity index (χ0) is 14.0. The molecule has 0 aromatic heterocycles. The fraction of sp³-hybridized carbons (Fsp3) is 0.647. The van der Waals surface area contributed by atoms with E-state index >= 15 is 0 Å². The number of hydrogen-bond acceptors (Lipinski definition) is 2. The molecule has 0 radical (unpaired) electrons. The predicted octanol–water partition coefficient (Wildman–Crippen LogP) is 3.50. The van der Waals surface area contributed by atoms with Crippen LogP contribution in [0.5, 0.6) is 0 Å². The molecule has 0 spiro atoms. The number of benzene rings is 1. The number of nitrogens with zero attached hydrogens (tertiary/aromatic N) is 1. The van der Waals surface area contributed by atoms with Crippen LogP contribution in [0.15, 0.2) is 18.2 Å². The van der Waals surface area contributed by atoms with Crippen LogP contribution in [0.1, 0.15) is 37.8 Å². The summed E-state index contributed by atoms with van der Waals surface area (Å²) >= 11 is 0. The summed E-state index contributed by atoms with van der Waals surface area (Å²) in [5.41, 5.74) is 10.4. The summed E-state index contributed by atoms with van der Waals surface area (Å²) in [6.07, 6.45) is 2.39. The molecule has 1 aliphatic heterocycles. The maximum atomic E-state index is 5.80. The summed E-state index contributed by atoms with van der Waals surface area (Å²) in [4.78, 5) is 2.56. The molecule has 1 heterocycles. The molecular formula is C17H28N2. The van der Waals surface area contributed by atoms with E-state index in [-0.39, 0.29) is 0 Å². The van der Waals surface area contributed by atoms with Crippen LogP contribution in [-0.4, -0.2) is 19.6 Å². The van der Waals surface area contributed by atoms with Crippen LogP contribution in [0, 0.1) is 25.2 Å². The van der Waals surface area contributed by atoms with Gasteiger partial charge in [0.05, 0.1) is 0 Å². The molecule has 0 amide bonds. The third kappa shape index (κ3) is 3.11. The van der Waals surface area contributed by atoms with Crippen LogP contribution in [0.2, 0.25) is 0 Å². The predicted molar refractivity (Wildman–Crippen MR) is 83.7 cm³/mol. The van der Waals surface area contributed by atoms with Crippen molar-refractivity contribution in [1.29, 1.82) is 0 Å². The van der Waals surface area contributed by atoms with Gasteiger partial charge in [-0.3, -0.25) is 0 Å². The Kier molecular flexibility index (Phi) is 4.19. The SMILES string of the molecule is Cc1ccc(N2CCC(C)(C)C(CCN)C2)c(C)c1. The lowest BCUT2D eigenvalue weighted by atomic mass is 9.71. The van der Waals surface area contributed by atoms with Crippen molar-refractivity contribution in [2.45, 2.75) is 40.5 Å². The Labute approximate surface area is 118 Å². The monoisotopic (exact) mass is 260 g/mol. The van der Waals surface area contributed by atoms with Gasteiger partial charge in [0.1, 0.15) is 0 Å². The topological polar surface area (TPSA) is 29.3 Å². The van der Waals surface area contributed by atoms with Crippen molar-refractivity contribution in [3.05, 3.63) is 29.3 Å². The minimum Gasteiger partial charge on any atom is -0.371 e. The van der Waals surface area contributed by atoms with Gasteiger partial charge in [0.15, 0.2) is 0 Å². The number of nitrogens with two attached hydrogens (primary N) is 1. The fourth-order valence-electron chi connectivity index (χ4n) is 3.29. The first-order valence-corrected chi connectivity index (χ1v) is 7.46. The summed E-state index contributed by atoms with van der Waals surface area (Å²) in [6.45, 7) is 12.3. The summed E-state index contributed by atoms with van der Waals surface area (Å²) in [5, 5.41) is 0. The van der Waals surface area contributed by atoms with E-state index in [0.29, 0.717) is 11.3 Å². The zero-order valence-corrected chi connectivity index (χ0v) is 12.9. The molecule has 0 aliphatic carbocycles. The van der Waals surface area contributed by atoms with Crippen LogP contribution >= 0.6 is 0 Å². The first-order chi connectivity index (χ1) is 8.94. The Morgan fingerprint density at radius 2 is 2.05 bits per heavy atom. The first kappa shape index (κ1) is 14.4. The van der Waals surface area contributed by atoms with Gasteiger partial charge in [0, 0.05) is 18.8 Å². The number of hydrogen-bond donors (Lipinski definition) is 1.